The molecule has 0 bridgehead atoms. The van der Waals surface area contributed by atoms with Crippen LogP contribution in [0.4, 0.5) is 5.95 Å². The molecule has 4 N–H and O–H groups in total. The highest BCUT2D eigenvalue weighted by Gasteiger charge is 2.14. The molecule has 0 aliphatic heterocycles. The van der Waals surface area contributed by atoms with Crippen molar-refractivity contribution >= 4 is 23.1 Å². The number of hydrogen-bond acceptors (Lipinski definition) is 6. The molecular weight excluding hydrogens is 218 g/mol. The maximum atomic E-state index is 11.6. The normalized spacial score (nSPS) is 10.8. The van der Waals surface area contributed by atoms with Gasteiger partial charge in [0.05, 0.1) is 6.33 Å². The average Bonchev–Trinajstić information content (AvgIpc) is 2.57. The van der Waals surface area contributed by atoms with E-state index in [0.29, 0.717) is 0 Å². The van der Waals surface area contributed by atoms with E-state index in [-0.39, 0.29) is 15.9 Å². The monoisotopic (exact) mass is 225 g/mol. The molecule has 2 heterocycles. The van der Waals surface area contributed by atoms with Crippen LogP contribution in [0.2, 0.25) is 0 Å². The highest BCUT2D eigenvalue weighted by Crippen LogP contribution is 2.06. The molecule has 0 spiro atoms. The first-order chi connectivity index (χ1) is 7.50. The van der Waals surface area contributed by atoms with Gasteiger partial charge in [-0.05, 0) is 0 Å². The van der Waals surface area contributed by atoms with Gasteiger partial charge in [0.15, 0.2) is 11.2 Å². The number of rotatable bonds is 2. The van der Waals surface area contributed by atoms with Crippen molar-refractivity contribution in [2.24, 2.45) is 0 Å². The molecule has 0 saturated carbocycles. The SMILES string of the molecule is Nc1nc2ncn(CC(=O)O)c2c(=O)n1O. The number of carbonyl (C=O) groups is 1. The van der Waals surface area contributed by atoms with Crippen LogP contribution in [0.3, 0.4) is 0 Å². The molecule has 0 unspecified atom stereocenters. The highest BCUT2D eigenvalue weighted by atomic mass is 16.5. The van der Waals surface area contributed by atoms with E-state index in [9.17, 15) is 14.8 Å². The summed E-state index contributed by atoms with van der Waals surface area (Å²) in [5.41, 5.74) is 4.26. The summed E-state index contributed by atoms with van der Waals surface area (Å²) in [5, 5.41) is 17.8. The summed E-state index contributed by atoms with van der Waals surface area (Å²) in [7, 11) is 0. The van der Waals surface area contributed by atoms with Gasteiger partial charge in [0.1, 0.15) is 6.54 Å². The maximum absolute atomic E-state index is 11.6. The molecule has 9 nitrogen and oxygen atoms in total. The second-order valence-electron chi connectivity index (χ2n) is 3.03. The van der Waals surface area contributed by atoms with Crippen molar-refractivity contribution in [3.05, 3.63) is 16.7 Å². The van der Waals surface area contributed by atoms with Crippen molar-refractivity contribution in [3.63, 3.8) is 0 Å². The minimum atomic E-state index is -1.14. The summed E-state index contributed by atoms with van der Waals surface area (Å²) >= 11 is 0. The zero-order valence-electron chi connectivity index (χ0n) is 7.86. The van der Waals surface area contributed by atoms with E-state index in [0.717, 1.165) is 10.9 Å². The van der Waals surface area contributed by atoms with Gasteiger partial charge in [0.25, 0.3) is 0 Å². The van der Waals surface area contributed by atoms with Crippen LogP contribution in [0.5, 0.6) is 0 Å². The molecule has 0 aromatic carbocycles. The number of imidazole rings is 1. The van der Waals surface area contributed by atoms with Crippen LogP contribution >= 0.6 is 0 Å². The lowest BCUT2D eigenvalue weighted by atomic mass is 10.5. The molecular formula is C7H7N5O4. The second-order valence-corrected chi connectivity index (χ2v) is 3.03. The van der Waals surface area contributed by atoms with Crippen molar-refractivity contribution in [1.29, 1.82) is 0 Å². The van der Waals surface area contributed by atoms with E-state index in [1.807, 2.05) is 0 Å². The van der Waals surface area contributed by atoms with E-state index in [4.69, 9.17) is 10.8 Å². The zero-order chi connectivity index (χ0) is 11.9. The van der Waals surface area contributed by atoms with Gasteiger partial charge in [-0.3, -0.25) is 9.59 Å². The van der Waals surface area contributed by atoms with Crippen LogP contribution in [-0.4, -0.2) is 35.5 Å². The van der Waals surface area contributed by atoms with Gasteiger partial charge >= 0.3 is 11.5 Å². The standard InChI is InChI=1S/C7H7N5O4/c8-7-10-5-4(6(15)12(7)16)11(2-9-5)1-3(13)14/h2,16H,1H2,(H2,8,10)(H,13,14). The van der Waals surface area contributed by atoms with Gasteiger partial charge in [0.2, 0.25) is 5.95 Å². The molecule has 84 valence electrons. The fourth-order valence-corrected chi connectivity index (χ4v) is 1.30. The summed E-state index contributed by atoms with van der Waals surface area (Å²) in [6, 6.07) is 0. The van der Waals surface area contributed by atoms with Crippen LogP contribution in [0.1, 0.15) is 0 Å². The Balaban J connectivity index is 2.76. The van der Waals surface area contributed by atoms with E-state index in [1.54, 1.807) is 0 Å². The van der Waals surface area contributed by atoms with Crippen molar-refractivity contribution < 1.29 is 15.1 Å². The van der Waals surface area contributed by atoms with E-state index < -0.39 is 24.0 Å². The molecule has 0 saturated heterocycles. The Morgan fingerprint density at radius 2 is 2.25 bits per heavy atom. The Morgan fingerprint density at radius 1 is 1.56 bits per heavy atom. The lowest BCUT2D eigenvalue weighted by Gasteiger charge is -2.01. The number of hydrogen-bond donors (Lipinski definition) is 3. The third-order valence-corrected chi connectivity index (χ3v) is 1.96. The predicted octanol–water partition coefficient (Wildman–Crippen LogP) is -1.50. The molecule has 2 aromatic heterocycles. The van der Waals surface area contributed by atoms with Crippen molar-refractivity contribution in [3.8, 4) is 0 Å². The number of aliphatic carboxylic acids is 1. The quantitative estimate of drug-likeness (QED) is 0.529. The third kappa shape index (κ3) is 1.34. The number of nitrogens with two attached hydrogens (primary N) is 1. The number of nitrogens with zero attached hydrogens (tertiary/aromatic N) is 4. The van der Waals surface area contributed by atoms with Gasteiger partial charge in [0, 0.05) is 0 Å². The van der Waals surface area contributed by atoms with Crippen LogP contribution in [-0.2, 0) is 11.3 Å². The van der Waals surface area contributed by atoms with E-state index in [1.165, 1.54) is 0 Å². The van der Waals surface area contributed by atoms with Crippen LogP contribution < -0.4 is 11.3 Å². The number of nitrogen functional groups attached to an aromatic ring is 1. The summed E-state index contributed by atoms with van der Waals surface area (Å²) in [6.07, 6.45) is 1.15. The van der Waals surface area contributed by atoms with E-state index >= 15 is 0 Å². The van der Waals surface area contributed by atoms with Crippen molar-refractivity contribution in [1.82, 2.24) is 19.3 Å². The van der Waals surface area contributed by atoms with Gasteiger partial charge in [-0.1, -0.05) is 0 Å². The molecule has 2 aromatic rings. The molecule has 0 radical (unpaired) electrons. The van der Waals surface area contributed by atoms with Crippen molar-refractivity contribution in [2.45, 2.75) is 6.54 Å². The molecule has 9 heteroatoms. The summed E-state index contributed by atoms with van der Waals surface area (Å²) < 4.78 is 1.21. The molecule has 0 atom stereocenters. The number of carboxylic acids is 1. The lowest BCUT2D eigenvalue weighted by molar-refractivity contribution is -0.137. The van der Waals surface area contributed by atoms with Gasteiger partial charge in [-0.25, -0.2) is 4.98 Å². The van der Waals surface area contributed by atoms with Crippen LogP contribution in [0.15, 0.2) is 11.1 Å². The number of aromatic nitrogens is 4. The first-order valence-electron chi connectivity index (χ1n) is 4.15. The predicted molar refractivity (Wildman–Crippen MR) is 51.0 cm³/mol. The molecule has 16 heavy (non-hydrogen) atoms. The maximum Gasteiger partial charge on any atom is 0.323 e. The van der Waals surface area contributed by atoms with Gasteiger partial charge in [-0.2, -0.15) is 4.98 Å². The minimum absolute atomic E-state index is 0.00551. The number of carboxylic acid groups (broad SMARTS) is 1. The Kier molecular flexibility index (Phi) is 2.01. The molecule has 2 rings (SSSR count). The smallest absolute Gasteiger partial charge is 0.323 e. The summed E-state index contributed by atoms with van der Waals surface area (Å²) in [5.74, 6) is -1.54. The highest BCUT2D eigenvalue weighted by molar-refractivity contribution is 5.74. The zero-order valence-corrected chi connectivity index (χ0v) is 7.86. The first-order valence-corrected chi connectivity index (χ1v) is 4.15. The summed E-state index contributed by atoms with van der Waals surface area (Å²) in [6.45, 7) is -0.447. The topological polar surface area (TPSA) is 136 Å². The average molecular weight is 225 g/mol. The Bertz CT molecular complexity index is 627. The van der Waals surface area contributed by atoms with E-state index in [2.05, 4.69) is 9.97 Å². The molecule has 0 fully saturated rings. The molecule has 0 aliphatic carbocycles. The fraction of sp³-hybridized carbons (Fsp3) is 0.143. The van der Waals surface area contributed by atoms with Crippen LogP contribution in [0.25, 0.3) is 11.2 Å². The number of fused-ring (bicyclic) bond motifs is 1. The third-order valence-electron chi connectivity index (χ3n) is 1.96. The Hall–Kier alpha value is -2.58. The largest absolute Gasteiger partial charge is 0.480 e. The minimum Gasteiger partial charge on any atom is -0.480 e. The summed E-state index contributed by atoms with van der Waals surface area (Å²) in [4.78, 5) is 29.4. The number of anilines is 1. The molecule has 0 amide bonds. The second kappa shape index (κ2) is 3.22. The first kappa shape index (κ1) is 9.96. The van der Waals surface area contributed by atoms with Crippen molar-refractivity contribution in [2.75, 3.05) is 5.73 Å². The van der Waals surface area contributed by atoms with Crippen LogP contribution in [0, 0.1) is 0 Å². The fourth-order valence-electron chi connectivity index (χ4n) is 1.30. The Labute approximate surface area is 87.3 Å². The lowest BCUT2D eigenvalue weighted by Crippen LogP contribution is -2.24. The Morgan fingerprint density at radius 3 is 2.88 bits per heavy atom. The van der Waals surface area contributed by atoms with Gasteiger partial charge in [-0.15, -0.1) is 4.73 Å². The molecule has 0 aliphatic rings. The van der Waals surface area contributed by atoms with Gasteiger partial charge < -0.3 is 20.6 Å².